The lowest BCUT2D eigenvalue weighted by atomic mass is 10.1. The third-order valence-electron chi connectivity index (χ3n) is 5.02. The lowest BCUT2D eigenvalue weighted by molar-refractivity contribution is 0.0697. The Hall–Kier alpha value is -2.54. The van der Waals surface area contributed by atoms with Crippen LogP contribution >= 0.6 is 22.7 Å². The number of aromatic nitrogens is 2. The second kappa shape index (κ2) is 9.14. The van der Waals surface area contributed by atoms with E-state index in [4.69, 9.17) is 4.74 Å². The summed E-state index contributed by atoms with van der Waals surface area (Å²) in [6.45, 7) is 4.68. The van der Waals surface area contributed by atoms with Crippen molar-refractivity contribution in [3.05, 3.63) is 61.3 Å². The molecule has 1 N–H and O–H groups in total. The van der Waals surface area contributed by atoms with Gasteiger partial charge >= 0.3 is 4.87 Å². The van der Waals surface area contributed by atoms with Crippen LogP contribution in [-0.2, 0) is 16.6 Å². The molecule has 12 heteroatoms. The van der Waals surface area contributed by atoms with E-state index in [-0.39, 0.29) is 36.3 Å². The number of thiazole rings is 2. The van der Waals surface area contributed by atoms with Gasteiger partial charge < -0.3 is 14.6 Å². The van der Waals surface area contributed by atoms with E-state index in [1.807, 2.05) is 12.3 Å². The van der Waals surface area contributed by atoms with E-state index >= 15 is 0 Å². The number of carbonyl (C=O) groups is 1. The number of H-pyrrole nitrogens is 1. The Morgan fingerprint density at radius 3 is 2.59 bits per heavy atom. The summed E-state index contributed by atoms with van der Waals surface area (Å²) >= 11 is 2.24. The lowest BCUT2D eigenvalue weighted by Crippen LogP contribution is -2.50. The molecule has 170 valence electrons. The number of nitrogens with one attached hydrogen (secondary N) is 1. The van der Waals surface area contributed by atoms with Crippen molar-refractivity contribution in [3.63, 3.8) is 0 Å². The number of aromatic amines is 1. The minimum atomic E-state index is -3.77. The first-order valence-corrected chi connectivity index (χ1v) is 13.0. The molecular weight excluding hydrogens is 472 g/mol. The van der Waals surface area contributed by atoms with E-state index in [0.29, 0.717) is 35.0 Å². The molecule has 1 fully saturated rings. The molecule has 0 saturated carbocycles. The van der Waals surface area contributed by atoms with Crippen LogP contribution in [0.5, 0.6) is 5.75 Å². The number of benzene rings is 1. The number of ether oxygens (including phenoxy) is 1. The third-order valence-corrected chi connectivity index (χ3v) is 9.32. The normalized spacial score (nSPS) is 15.1. The van der Waals surface area contributed by atoms with Crippen LogP contribution in [0.2, 0.25) is 0 Å². The van der Waals surface area contributed by atoms with E-state index in [9.17, 15) is 18.0 Å². The van der Waals surface area contributed by atoms with Crippen molar-refractivity contribution in [2.45, 2.75) is 24.7 Å². The standard InChI is InChI=1S/C20H22N4O5S3/c1-13-19(31-20(26)21-13)32(27,28)24-8-6-23(7-9-24)18(25)15-4-3-5-17(10-15)29-11-16-12-30-14(2)22-16/h3-5,10,12H,6-9,11H2,1-2H3,(H,21,26). The van der Waals surface area contributed by atoms with Crippen molar-refractivity contribution >= 4 is 38.6 Å². The minimum Gasteiger partial charge on any atom is -0.487 e. The van der Waals surface area contributed by atoms with Crippen LogP contribution in [0.1, 0.15) is 26.8 Å². The summed E-state index contributed by atoms with van der Waals surface area (Å²) in [5.74, 6) is 0.389. The van der Waals surface area contributed by atoms with Crippen LogP contribution in [0.4, 0.5) is 0 Å². The highest BCUT2D eigenvalue weighted by atomic mass is 32.2. The Labute approximate surface area is 193 Å². The fraction of sp³-hybridized carbons (Fsp3) is 0.350. The van der Waals surface area contributed by atoms with Crippen LogP contribution in [0, 0.1) is 13.8 Å². The molecule has 0 atom stereocenters. The first kappa shape index (κ1) is 22.6. The molecule has 0 unspecified atom stereocenters. The van der Waals surface area contributed by atoms with Crippen LogP contribution < -0.4 is 9.61 Å². The van der Waals surface area contributed by atoms with Gasteiger partial charge in [0, 0.05) is 42.8 Å². The molecule has 1 saturated heterocycles. The van der Waals surface area contributed by atoms with Crippen molar-refractivity contribution in [1.82, 2.24) is 19.2 Å². The molecule has 0 radical (unpaired) electrons. The van der Waals surface area contributed by atoms with Gasteiger partial charge in [-0.2, -0.15) is 4.31 Å². The van der Waals surface area contributed by atoms with E-state index in [1.54, 1.807) is 47.4 Å². The van der Waals surface area contributed by atoms with Gasteiger partial charge in [-0.3, -0.25) is 9.59 Å². The van der Waals surface area contributed by atoms with Gasteiger partial charge in [0.1, 0.15) is 12.4 Å². The van der Waals surface area contributed by atoms with Gasteiger partial charge in [0.2, 0.25) is 0 Å². The quantitative estimate of drug-likeness (QED) is 0.562. The summed E-state index contributed by atoms with van der Waals surface area (Å²) in [7, 11) is -3.77. The monoisotopic (exact) mass is 494 g/mol. The molecule has 0 spiro atoms. The Bertz CT molecular complexity index is 1290. The molecule has 0 aliphatic carbocycles. The summed E-state index contributed by atoms with van der Waals surface area (Å²) in [6.07, 6.45) is 0. The number of rotatable bonds is 6. The van der Waals surface area contributed by atoms with E-state index in [0.717, 1.165) is 10.7 Å². The molecule has 3 aromatic rings. The molecule has 1 amide bonds. The molecule has 2 aromatic heterocycles. The first-order valence-electron chi connectivity index (χ1n) is 9.87. The summed E-state index contributed by atoms with van der Waals surface area (Å²) in [5.41, 5.74) is 1.65. The zero-order chi connectivity index (χ0) is 22.9. The topological polar surface area (TPSA) is 113 Å². The van der Waals surface area contributed by atoms with Crippen LogP contribution in [0.25, 0.3) is 0 Å². The van der Waals surface area contributed by atoms with Gasteiger partial charge in [-0.1, -0.05) is 17.4 Å². The Kier molecular flexibility index (Phi) is 6.47. The van der Waals surface area contributed by atoms with Gasteiger partial charge in [0.05, 0.1) is 10.7 Å². The van der Waals surface area contributed by atoms with Gasteiger partial charge in [0.15, 0.2) is 4.21 Å². The third kappa shape index (κ3) is 4.77. The molecule has 9 nitrogen and oxygen atoms in total. The van der Waals surface area contributed by atoms with Crippen molar-refractivity contribution in [3.8, 4) is 5.75 Å². The van der Waals surface area contributed by atoms with E-state index in [2.05, 4.69) is 9.97 Å². The van der Waals surface area contributed by atoms with Crippen molar-refractivity contribution in [1.29, 1.82) is 0 Å². The fourth-order valence-electron chi connectivity index (χ4n) is 3.42. The molecule has 3 heterocycles. The number of aryl methyl sites for hydroxylation is 2. The lowest BCUT2D eigenvalue weighted by Gasteiger charge is -2.33. The summed E-state index contributed by atoms with van der Waals surface area (Å²) < 4.78 is 32.8. The van der Waals surface area contributed by atoms with Gasteiger partial charge in [0.25, 0.3) is 15.9 Å². The molecule has 1 aliphatic heterocycles. The van der Waals surface area contributed by atoms with Gasteiger partial charge in [-0.15, -0.1) is 11.3 Å². The Morgan fingerprint density at radius 1 is 1.22 bits per heavy atom. The molecule has 1 aliphatic rings. The van der Waals surface area contributed by atoms with E-state index in [1.165, 1.54) is 4.31 Å². The zero-order valence-corrected chi connectivity index (χ0v) is 20.0. The zero-order valence-electron chi connectivity index (χ0n) is 17.5. The predicted molar refractivity (Wildman–Crippen MR) is 122 cm³/mol. The summed E-state index contributed by atoms with van der Waals surface area (Å²) in [4.78, 5) is 32.6. The summed E-state index contributed by atoms with van der Waals surface area (Å²) in [5, 5.41) is 2.90. The number of nitrogens with zero attached hydrogens (tertiary/aromatic N) is 3. The number of amides is 1. The maximum atomic E-state index is 13.0. The molecular formula is C20H22N4O5S3. The predicted octanol–water partition coefficient (Wildman–Crippen LogP) is 2.24. The SMILES string of the molecule is Cc1nc(COc2cccc(C(=O)N3CCN(S(=O)(=O)c4sc(=O)[nH]c4C)CC3)c2)cs1. The number of sulfonamides is 1. The Balaban J connectivity index is 1.39. The Morgan fingerprint density at radius 2 is 1.97 bits per heavy atom. The maximum Gasteiger partial charge on any atom is 0.305 e. The largest absolute Gasteiger partial charge is 0.487 e. The number of hydrogen-bond acceptors (Lipinski definition) is 8. The average Bonchev–Trinajstić information content (AvgIpc) is 3.36. The second-order valence-electron chi connectivity index (χ2n) is 7.30. The minimum absolute atomic E-state index is 0.0300. The molecule has 1 aromatic carbocycles. The van der Waals surface area contributed by atoms with Gasteiger partial charge in [-0.05, 0) is 32.0 Å². The molecule has 0 bridgehead atoms. The summed E-state index contributed by atoms with van der Waals surface area (Å²) in [6, 6.07) is 6.94. The van der Waals surface area contributed by atoms with Crippen molar-refractivity contribution < 1.29 is 17.9 Å². The smallest absolute Gasteiger partial charge is 0.305 e. The van der Waals surface area contributed by atoms with Crippen LogP contribution in [0.15, 0.2) is 38.6 Å². The highest BCUT2D eigenvalue weighted by Crippen LogP contribution is 2.23. The second-order valence-corrected chi connectivity index (χ2v) is 11.5. The number of piperazine rings is 1. The number of carbonyl (C=O) groups excluding carboxylic acids is 1. The van der Waals surface area contributed by atoms with Crippen molar-refractivity contribution in [2.75, 3.05) is 26.2 Å². The number of hydrogen-bond donors (Lipinski definition) is 1. The highest BCUT2D eigenvalue weighted by Gasteiger charge is 2.33. The molecule has 4 rings (SSSR count). The molecule has 32 heavy (non-hydrogen) atoms. The highest BCUT2D eigenvalue weighted by molar-refractivity contribution is 7.91. The fourth-order valence-corrected chi connectivity index (χ4v) is 6.87. The van der Waals surface area contributed by atoms with Crippen LogP contribution in [0.3, 0.4) is 0 Å². The van der Waals surface area contributed by atoms with Crippen LogP contribution in [-0.4, -0.2) is 59.7 Å². The first-order chi connectivity index (χ1) is 15.2. The van der Waals surface area contributed by atoms with Gasteiger partial charge in [-0.25, -0.2) is 13.4 Å². The van der Waals surface area contributed by atoms with E-state index < -0.39 is 14.9 Å². The average molecular weight is 495 g/mol. The van der Waals surface area contributed by atoms with Crippen molar-refractivity contribution in [2.24, 2.45) is 0 Å². The maximum absolute atomic E-state index is 13.0.